The number of benzene rings is 1. The Kier molecular flexibility index (Phi) is 5.75. The maximum absolute atomic E-state index is 10.2. The van der Waals surface area contributed by atoms with Crippen LogP contribution in [-0.4, -0.2) is 23.0 Å². The molecule has 0 radical (unpaired) electrons. The smallest absolute Gasteiger partial charge is 0.102 e. The van der Waals surface area contributed by atoms with Gasteiger partial charge >= 0.3 is 0 Å². The van der Waals surface area contributed by atoms with Gasteiger partial charge in [-0.1, -0.05) is 32.3 Å². The van der Waals surface area contributed by atoms with Gasteiger partial charge in [0.1, 0.15) is 6.07 Å². The van der Waals surface area contributed by atoms with Crippen molar-refractivity contribution in [2.45, 2.75) is 56.1 Å². The number of aliphatic hydroxyl groups is 1. The number of anilines is 1. The molecule has 0 spiro atoms. The molecule has 0 heterocycles. The van der Waals surface area contributed by atoms with E-state index < -0.39 is 0 Å². The summed E-state index contributed by atoms with van der Waals surface area (Å²) < 4.78 is 0. The van der Waals surface area contributed by atoms with Crippen LogP contribution in [0.5, 0.6) is 0 Å². The highest BCUT2D eigenvalue weighted by molar-refractivity contribution is 7.99. The molecule has 2 atom stereocenters. The molecule has 2 rings (SSSR count). The SMILES string of the molecule is CCSc1cccc(NC2CCCCCC2O)c1C#N. The summed E-state index contributed by atoms with van der Waals surface area (Å²) in [7, 11) is 0. The van der Waals surface area contributed by atoms with Crippen molar-refractivity contribution in [3.63, 3.8) is 0 Å². The summed E-state index contributed by atoms with van der Waals surface area (Å²) in [4.78, 5) is 1.02. The fraction of sp³-hybridized carbons (Fsp3) is 0.562. The predicted octanol–water partition coefficient (Wildman–Crippen LogP) is 3.78. The first-order valence-corrected chi connectivity index (χ1v) is 8.35. The van der Waals surface area contributed by atoms with Crippen LogP contribution in [0, 0.1) is 11.3 Å². The van der Waals surface area contributed by atoms with Gasteiger partial charge in [-0.15, -0.1) is 11.8 Å². The highest BCUT2D eigenvalue weighted by atomic mass is 32.2. The first-order valence-electron chi connectivity index (χ1n) is 7.36. The summed E-state index contributed by atoms with van der Waals surface area (Å²) in [5.41, 5.74) is 1.56. The third-order valence-corrected chi connectivity index (χ3v) is 4.70. The van der Waals surface area contributed by atoms with E-state index in [0.717, 1.165) is 42.0 Å². The third-order valence-electron chi connectivity index (χ3n) is 3.76. The lowest BCUT2D eigenvalue weighted by molar-refractivity contribution is 0.144. The summed E-state index contributed by atoms with van der Waals surface area (Å²) in [6.07, 6.45) is 4.93. The van der Waals surface area contributed by atoms with Gasteiger partial charge in [0.2, 0.25) is 0 Å². The third kappa shape index (κ3) is 3.68. The number of hydrogen-bond acceptors (Lipinski definition) is 4. The van der Waals surface area contributed by atoms with Crippen LogP contribution in [0.4, 0.5) is 5.69 Å². The van der Waals surface area contributed by atoms with Gasteiger partial charge in [0.25, 0.3) is 0 Å². The van der Waals surface area contributed by atoms with Crippen LogP contribution in [0.15, 0.2) is 23.1 Å². The molecule has 0 aliphatic heterocycles. The number of aliphatic hydroxyl groups excluding tert-OH is 1. The van der Waals surface area contributed by atoms with Crippen molar-refractivity contribution in [3.8, 4) is 6.07 Å². The summed E-state index contributed by atoms with van der Waals surface area (Å²) in [5, 5.41) is 23.0. The lowest BCUT2D eigenvalue weighted by Crippen LogP contribution is -2.32. The van der Waals surface area contributed by atoms with Crippen LogP contribution >= 0.6 is 11.8 Å². The van der Waals surface area contributed by atoms with Crippen molar-refractivity contribution in [1.29, 1.82) is 5.26 Å². The van der Waals surface area contributed by atoms with E-state index in [-0.39, 0.29) is 12.1 Å². The van der Waals surface area contributed by atoms with E-state index >= 15 is 0 Å². The van der Waals surface area contributed by atoms with E-state index in [9.17, 15) is 10.4 Å². The van der Waals surface area contributed by atoms with E-state index in [1.54, 1.807) is 11.8 Å². The molecule has 3 nitrogen and oxygen atoms in total. The summed E-state index contributed by atoms with van der Waals surface area (Å²) >= 11 is 1.68. The van der Waals surface area contributed by atoms with Gasteiger partial charge in [-0.2, -0.15) is 5.26 Å². The fourth-order valence-corrected chi connectivity index (χ4v) is 3.48. The molecule has 4 heteroatoms. The van der Waals surface area contributed by atoms with Crippen LogP contribution in [0.25, 0.3) is 0 Å². The Bertz CT molecular complexity index is 484. The summed E-state index contributed by atoms with van der Waals surface area (Å²) in [6.45, 7) is 2.08. The maximum Gasteiger partial charge on any atom is 0.102 e. The lowest BCUT2D eigenvalue weighted by atomic mass is 10.0. The van der Waals surface area contributed by atoms with E-state index in [0.29, 0.717) is 5.56 Å². The second-order valence-corrected chi connectivity index (χ2v) is 6.49. The predicted molar refractivity (Wildman–Crippen MR) is 84.1 cm³/mol. The molecule has 1 aliphatic rings. The van der Waals surface area contributed by atoms with Crippen molar-refractivity contribution < 1.29 is 5.11 Å². The Morgan fingerprint density at radius 2 is 2.15 bits per heavy atom. The molecular formula is C16H22N2OS. The van der Waals surface area contributed by atoms with E-state index in [1.165, 1.54) is 6.42 Å². The Balaban J connectivity index is 2.19. The zero-order valence-electron chi connectivity index (χ0n) is 11.9. The standard InChI is InChI=1S/C16H22N2OS/c1-2-20-16-10-6-8-13(12(16)11-17)18-14-7-4-3-5-9-15(14)19/h6,8,10,14-15,18-19H,2-5,7,9H2,1H3. The Hall–Kier alpha value is -1.18. The molecule has 2 N–H and O–H groups in total. The van der Waals surface area contributed by atoms with Gasteiger partial charge in [0.05, 0.1) is 23.4 Å². The van der Waals surface area contributed by atoms with Crippen LogP contribution < -0.4 is 5.32 Å². The second-order valence-electron chi connectivity index (χ2n) is 5.18. The summed E-state index contributed by atoms with van der Waals surface area (Å²) in [5.74, 6) is 0.949. The average Bonchev–Trinajstić information content (AvgIpc) is 2.65. The van der Waals surface area contributed by atoms with E-state index in [1.807, 2.05) is 18.2 Å². The first-order chi connectivity index (χ1) is 9.76. The van der Waals surface area contributed by atoms with Gasteiger partial charge < -0.3 is 10.4 Å². The minimum atomic E-state index is -0.313. The van der Waals surface area contributed by atoms with Gasteiger partial charge in [-0.25, -0.2) is 0 Å². The molecule has 1 aliphatic carbocycles. The number of thioether (sulfide) groups is 1. The highest BCUT2D eigenvalue weighted by Gasteiger charge is 2.22. The molecule has 0 aromatic heterocycles. The van der Waals surface area contributed by atoms with Crippen molar-refractivity contribution >= 4 is 17.4 Å². The minimum absolute atomic E-state index is 0.0616. The topological polar surface area (TPSA) is 56.0 Å². The molecule has 0 bridgehead atoms. The zero-order chi connectivity index (χ0) is 14.4. The summed E-state index contributed by atoms with van der Waals surface area (Å²) in [6, 6.07) is 8.27. The number of nitriles is 1. The van der Waals surface area contributed by atoms with Crippen LogP contribution in [0.2, 0.25) is 0 Å². The highest BCUT2D eigenvalue weighted by Crippen LogP contribution is 2.30. The number of nitrogens with zero attached hydrogens (tertiary/aromatic N) is 1. The Morgan fingerprint density at radius 1 is 1.35 bits per heavy atom. The lowest BCUT2D eigenvalue weighted by Gasteiger charge is -2.24. The molecule has 108 valence electrons. The second kappa shape index (κ2) is 7.56. The zero-order valence-corrected chi connectivity index (χ0v) is 12.7. The molecular weight excluding hydrogens is 268 g/mol. The number of hydrogen-bond donors (Lipinski definition) is 2. The average molecular weight is 290 g/mol. The molecule has 1 aromatic rings. The van der Waals surface area contributed by atoms with Gasteiger partial charge in [0, 0.05) is 4.90 Å². The van der Waals surface area contributed by atoms with Crippen molar-refractivity contribution in [3.05, 3.63) is 23.8 Å². The van der Waals surface area contributed by atoms with Crippen LogP contribution in [0.1, 0.15) is 44.6 Å². The van der Waals surface area contributed by atoms with Crippen molar-refractivity contribution in [2.75, 3.05) is 11.1 Å². The van der Waals surface area contributed by atoms with Crippen LogP contribution in [-0.2, 0) is 0 Å². The normalized spacial score (nSPS) is 22.9. The largest absolute Gasteiger partial charge is 0.391 e. The monoisotopic (exact) mass is 290 g/mol. The molecule has 2 unspecified atom stereocenters. The van der Waals surface area contributed by atoms with Gasteiger partial charge in [0.15, 0.2) is 0 Å². The van der Waals surface area contributed by atoms with Gasteiger partial charge in [-0.05, 0) is 30.7 Å². The van der Waals surface area contributed by atoms with E-state index in [2.05, 4.69) is 18.3 Å². The van der Waals surface area contributed by atoms with Crippen molar-refractivity contribution in [2.24, 2.45) is 0 Å². The van der Waals surface area contributed by atoms with Crippen LogP contribution in [0.3, 0.4) is 0 Å². The Morgan fingerprint density at radius 3 is 2.90 bits per heavy atom. The molecule has 1 aromatic carbocycles. The fourth-order valence-electron chi connectivity index (χ4n) is 2.70. The number of nitrogens with one attached hydrogen (secondary N) is 1. The molecule has 20 heavy (non-hydrogen) atoms. The molecule has 1 saturated carbocycles. The van der Waals surface area contributed by atoms with Crippen molar-refractivity contribution in [1.82, 2.24) is 0 Å². The first kappa shape index (κ1) is 15.2. The number of rotatable bonds is 4. The quantitative estimate of drug-likeness (QED) is 0.654. The van der Waals surface area contributed by atoms with Gasteiger partial charge in [-0.3, -0.25) is 0 Å². The molecule has 0 saturated heterocycles. The van der Waals surface area contributed by atoms with E-state index in [4.69, 9.17) is 0 Å². The minimum Gasteiger partial charge on any atom is -0.391 e. The molecule has 1 fully saturated rings. The molecule has 0 amide bonds. The Labute approximate surface area is 125 Å². The maximum atomic E-state index is 10.2.